The molecule has 0 aliphatic rings. The summed E-state index contributed by atoms with van der Waals surface area (Å²) >= 11 is 5.80. The smallest absolute Gasteiger partial charge is 0.449 e. The number of hydrogen-bond donors (Lipinski definition) is 1. The molecular formula is C19H11ClF6N5O7P. The maximum Gasteiger partial charge on any atom is 0.547 e. The first-order valence-electron chi connectivity index (χ1n) is 9.79. The molecule has 2 aromatic heterocycles. The summed E-state index contributed by atoms with van der Waals surface area (Å²) in [5, 5.41) is 12.2. The van der Waals surface area contributed by atoms with Crippen LogP contribution in [0.5, 0.6) is 11.5 Å². The molecule has 208 valence electrons. The molecule has 1 atom stereocenters. The Morgan fingerprint density at radius 3 is 2.33 bits per heavy atom. The number of rotatable bonds is 7. The summed E-state index contributed by atoms with van der Waals surface area (Å²) in [7, 11) is -4.48. The fourth-order valence-electron chi connectivity index (χ4n) is 2.84. The predicted molar refractivity (Wildman–Crippen MR) is 116 cm³/mol. The number of ether oxygens (including phenoxy) is 1. The van der Waals surface area contributed by atoms with Gasteiger partial charge in [0.05, 0.1) is 30.2 Å². The van der Waals surface area contributed by atoms with Crippen LogP contribution in [0, 0.1) is 11.3 Å². The molecular weight excluding hydrogens is 591 g/mol. The van der Waals surface area contributed by atoms with Crippen molar-refractivity contribution in [3.8, 4) is 17.6 Å². The lowest BCUT2D eigenvalue weighted by atomic mass is 10.2. The number of halogens is 7. The fraction of sp³-hybridized carbons (Fsp3) is 0.211. The van der Waals surface area contributed by atoms with Gasteiger partial charge in [-0.1, -0.05) is 11.6 Å². The number of alkyl halides is 6. The minimum atomic E-state index is -5.35. The minimum absolute atomic E-state index is 0.134. The fourth-order valence-corrected chi connectivity index (χ4v) is 3.44. The van der Waals surface area contributed by atoms with E-state index in [0.29, 0.717) is 18.0 Å². The highest BCUT2D eigenvalue weighted by Gasteiger charge is 2.40. The predicted octanol–water partition coefficient (Wildman–Crippen LogP) is 3.38. The Labute approximate surface area is 216 Å². The van der Waals surface area contributed by atoms with E-state index in [2.05, 4.69) is 19.2 Å². The molecule has 0 saturated heterocycles. The number of aromatic nitrogens is 4. The zero-order valence-electron chi connectivity index (χ0n) is 18.8. The van der Waals surface area contributed by atoms with Crippen LogP contribution >= 0.6 is 19.4 Å². The van der Waals surface area contributed by atoms with Gasteiger partial charge in [0.15, 0.2) is 5.69 Å². The average molecular weight is 602 g/mol. The van der Waals surface area contributed by atoms with E-state index in [1.165, 1.54) is 0 Å². The molecule has 20 heteroatoms. The molecule has 0 aliphatic carbocycles. The van der Waals surface area contributed by atoms with E-state index in [1.807, 2.05) is 0 Å². The van der Waals surface area contributed by atoms with Crippen molar-refractivity contribution in [1.82, 2.24) is 19.5 Å². The van der Waals surface area contributed by atoms with Crippen molar-refractivity contribution < 1.29 is 49.7 Å². The first kappa shape index (κ1) is 29.6. The van der Waals surface area contributed by atoms with Gasteiger partial charge >= 0.3 is 25.7 Å². The SMILES string of the molecule is COP(=O)(O)On1nc(Cn2cnc(C(F)(F)F)c(Oc3cc(Cl)cc(C#N)c3)c2=O)cc(C(F)(F)F)c1=O. The molecule has 12 nitrogen and oxygen atoms in total. The number of nitrogens with zero attached hydrogens (tertiary/aromatic N) is 5. The van der Waals surface area contributed by atoms with Gasteiger partial charge in [0.25, 0.3) is 5.56 Å². The summed E-state index contributed by atoms with van der Waals surface area (Å²) in [6.07, 6.45) is -10.3. The Morgan fingerprint density at radius 2 is 1.77 bits per heavy atom. The summed E-state index contributed by atoms with van der Waals surface area (Å²) < 4.78 is 106. The third-order valence-corrected chi connectivity index (χ3v) is 5.51. The molecule has 3 rings (SSSR count). The van der Waals surface area contributed by atoms with Gasteiger partial charge in [-0.2, -0.15) is 31.6 Å². The number of phosphoric ester groups is 1. The lowest BCUT2D eigenvalue weighted by molar-refractivity contribution is -0.142. The number of phosphoric acid groups is 1. The van der Waals surface area contributed by atoms with E-state index in [1.54, 1.807) is 6.07 Å². The van der Waals surface area contributed by atoms with E-state index >= 15 is 0 Å². The summed E-state index contributed by atoms with van der Waals surface area (Å²) in [5.74, 6) is -1.91. The van der Waals surface area contributed by atoms with Crippen LogP contribution in [0.25, 0.3) is 0 Å². The van der Waals surface area contributed by atoms with E-state index in [-0.39, 0.29) is 16.7 Å². The lowest BCUT2D eigenvalue weighted by Gasteiger charge is -2.16. The molecule has 0 saturated carbocycles. The maximum atomic E-state index is 13.6. The number of benzene rings is 1. The first-order valence-corrected chi connectivity index (χ1v) is 11.7. The van der Waals surface area contributed by atoms with E-state index in [0.717, 1.165) is 18.2 Å². The molecule has 0 aliphatic heterocycles. The van der Waals surface area contributed by atoms with Crippen molar-refractivity contribution in [1.29, 1.82) is 5.26 Å². The second kappa shape index (κ2) is 10.7. The Balaban J connectivity index is 2.17. The number of nitriles is 1. The van der Waals surface area contributed by atoms with Crippen molar-refractivity contribution in [3.63, 3.8) is 0 Å². The molecule has 0 bridgehead atoms. The van der Waals surface area contributed by atoms with Gasteiger partial charge in [-0.15, -0.1) is 5.10 Å². The second-order valence-electron chi connectivity index (χ2n) is 7.20. The monoisotopic (exact) mass is 601 g/mol. The van der Waals surface area contributed by atoms with Gasteiger partial charge in [0.2, 0.25) is 5.75 Å². The molecule has 2 heterocycles. The highest BCUT2D eigenvalue weighted by molar-refractivity contribution is 7.47. The van der Waals surface area contributed by atoms with Crippen LogP contribution in [0.2, 0.25) is 5.02 Å². The molecule has 0 radical (unpaired) electrons. The number of hydrogen-bond acceptors (Lipinski definition) is 9. The van der Waals surface area contributed by atoms with Crippen LogP contribution in [0.3, 0.4) is 0 Å². The summed E-state index contributed by atoms with van der Waals surface area (Å²) in [6, 6.07) is 4.89. The van der Waals surface area contributed by atoms with Gasteiger partial charge in [0, 0.05) is 12.1 Å². The molecule has 3 aromatic rings. The Bertz CT molecular complexity index is 1630. The molecule has 0 amide bonds. The average Bonchev–Trinajstić information content (AvgIpc) is 2.81. The summed E-state index contributed by atoms with van der Waals surface area (Å²) in [4.78, 5) is 37.0. The minimum Gasteiger partial charge on any atom is -0.449 e. The second-order valence-corrected chi connectivity index (χ2v) is 9.10. The Hall–Kier alpha value is -3.91. The van der Waals surface area contributed by atoms with Crippen molar-refractivity contribution in [3.05, 3.63) is 78.8 Å². The van der Waals surface area contributed by atoms with Crippen LogP contribution in [-0.4, -0.2) is 31.5 Å². The van der Waals surface area contributed by atoms with Crippen LogP contribution in [0.15, 0.2) is 40.2 Å². The maximum absolute atomic E-state index is 13.6. The Kier molecular flexibility index (Phi) is 8.13. The van der Waals surface area contributed by atoms with Crippen molar-refractivity contribution in [2.75, 3.05) is 7.11 Å². The molecule has 0 spiro atoms. The van der Waals surface area contributed by atoms with Gasteiger partial charge in [-0.05, 0) is 29.1 Å². The van der Waals surface area contributed by atoms with Crippen LogP contribution in [0.1, 0.15) is 22.5 Å². The van der Waals surface area contributed by atoms with Crippen LogP contribution in [0.4, 0.5) is 26.3 Å². The lowest BCUT2D eigenvalue weighted by Crippen LogP contribution is -2.35. The normalized spacial score (nSPS) is 13.4. The van der Waals surface area contributed by atoms with Crippen molar-refractivity contribution in [2.24, 2.45) is 0 Å². The quantitative estimate of drug-likeness (QED) is 0.314. The summed E-state index contributed by atoms with van der Waals surface area (Å²) in [6.45, 7) is -1.06. The molecule has 1 unspecified atom stereocenters. The van der Waals surface area contributed by atoms with E-state index < -0.39 is 71.1 Å². The molecule has 39 heavy (non-hydrogen) atoms. The van der Waals surface area contributed by atoms with Gasteiger partial charge in [-0.25, -0.2) is 9.55 Å². The van der Waals surface area contributed by atoms with E-state index in [4.69, 9.17) is 21.6 Å². The first-order chi connectivity index (χ1) is 17.9. The largest absolute Gasteiger partial charge is 0.547 e. The van der Waals surface area contributed by atoms with Crippen LogP contribution < -0.4 is 20.5 Å². The standard InChI is InChI=1S/C19H11ClF6N5O7P/c1-36-39(34,35)38-31-16(32)13(18(21,22)23)5-11(29-31)7-30-8-28-15(19(24,25)26)14(17(30)33)37-12-3-9(6-27)2-10(20)4-12/h2-5,8H,7H2,1H3,(H,34,35). The molecule has 1 aromatic carbocycles. The third kappa shape index (κ3) is 6.95. The molecule has 0 fully saturated rings. The third-order valence-electron chi connectivity index (χ3n) is 4.47. The highest BCUT2D eigenvalue weighted by atomic mass is 35.5. The zero-order valence-corrected chi connectivity index (χ0v) is 20.5. The highest BCUT2D eigenvalue weighted by Crippen LogP contribution is 2.38. The van der Waals surface area contributed by atoms with Crippen LogP contribution in [-0.2, 0) is 28.0 Å². The Morgan fingerprint density at radius 1 is 1.10 bits per heavy atom. The summed E-state index contributed by atoms with van der Waals surface area (Å²) in [5.41, 5.74) is -8.37. The van der Waals surface area contributed by atoms with Gasteiger partial charge < -0.3 is 4.74 Å². The van der Waals surface area contributed by atoms with Crippen molar-refractivity contribution in [2.45, 2.75) is 18.9 Å². The zero-order chi connectivity index (χ0) is 29.3. The van der Waals surface area contributed by atoms with Gasteiger partial charge in [-0.3, -0.25) is 28.2 Å². The topological polar surface area (TPSA) is 159 Å². The molecule has 1 N–H and O–H groups in total. The van der Waals surface area contributed by atoms with Gasteiger partial charge in [0.1, 0.15) is 11.3 Å². The van der Waals surface area contributed by atoms with Crippen molar-refractivity contribution >= 4 is 19.4 Å². The van der Waals surface area contributed by atoms with E-state index in [9.17, 15) is 45.4 Å².